The maximum absolute atomic E-state index is 12.6. The van der Waals surface area contributed by atoms with Crippen molar-refractivity contribution in [3.63, 3.8) is 0 Å². The third kappa shape index (κ3) is 6.97. The normalized spacial score (nSPS) is 23.0. The van der Waals surface area contributed by atoms with Gasteiger partial charge in [0.05, 0.1) is 28.3 Å². The zero-order chi connectivity index (χ0) is 33.8. The summed E-state index contributed by atoms with van der Waals surface area (Å²) < 4.78 is 35.8. The fourth-order valence-electron chi connectivity index (χ4n) is 7.14. The minimum atomic E-state index is -1.17. The topological polar surface area (TPSA) is 127 Å². The number of carbonyl (C=O) groups excluding carboxylic acids is 2. The van der Waals surface area contributed by atoms with E-state index in [1.807, 2.05) is 78.9 Å². The molecule has 2 aliphatic rings. The first-order valence-corrected chi connectivity index (χ1v) is 15.5. The summed E-state index contributed by atoms with van der Waals surface area (Å²) in [5, 5.41) is 8.86. The fraction of sp³-hybridized carbons (Fsp3) is 0.417. The first-order chi connectivity index (χ1) is 22.5. The number of nitrogens with zero attached hydrogens (tertiary/aromatic N) is 1. The van der Waals surface area contributed by atoms with Gasteiger partial charge in [-0.05, 0) is 41.0 Å². The van der Waals surface area contributed by atoms with E-state index in [1.165, 1.54) is 6.92 Å². The summed E-state index contributed by atoms with van der Waals surface area (Å²) in [5.41, 5.74) is 1.36. The molecule has 0 aromatic heterocycles. The van der Waals surface area contributed by atoms with Gasteiger partial charge in [0.2, 0.25) is 0 Å². The first-order valence-electron chi connectivity index (χ1n) is 15.5. The van der Waals surface area contributed by atoms with Crippen LogP contribution in [0.15, 0.2) is 78.9 Å². The van der Waals surface area contributed by atoms with Crippen LogP contribution in [0.3, 0.4) is 0 Å². The number of fused-ring (bicyclic) bond motifs is 2. The fourth-order valence-corrected chi connectivity index (χ4v) is 7.14. The number of ether oxygens (including phenoxy) is 6. The standard InChI is InChI=1S/C36H41NO10/c1-23(38)45-34-30-19-29(46-33(41)22-44-21-32(39)40)20-31(37(30,2)3)35(34)47-36(24-9-7-6-8-10-24,25-11-15-27(42-4)16-12-25)26-13-17-28(43-5)18-14-26/h6-18,29-31,34-35H,19-22H2,1-5H3/p+1/t29?,30-,31+,34-,35+/m0/s1. The second-order valence-electron chi connectivity index (χ2n) is 12.4. The zero-order valence-corrected chi connectivity index (χ0v) is 27.3. The van der Waals surface area contributed by atoms with Crippen molar-refractivity contribution in [1.29, 1.82) is 0 Å². The summed E-state index contributed by atoms with van der Waals surface area (Å²) in [4.78, 5) is 36.1. The maximum atomic E-state index is 12.6. The summed E-state index contributed by atoms with van der Waals surface area (Å²) in [5.74, 6) is -0.887. The quantitative estimate of drug-likeness (QED) is 0.165. The number of benzene rings is 3. The number of piperidine rings is 1. The summed E-state index contributed by atoms with van der Waals surface area (Å²) >= 11 is 0. The van der Waals surface area contributed by atoms with Gasteiger partial charge in [-0.25, -0.2) is 9.59 Å². The Labute approximate surface area is 274 Å². The van der Waals surface area contributed by atoms with E-state index in [1.54, 1.807) is 14.2 Å². The van der Waals surface area contributed by atoms with Crippen LogP contribution >= 0.6 is 0 Å². The van der Waals surface area contributed by atoms with Gasteiger partial charge < -0.3 is 38.0 Å². The SMILES string of the molecule is COc1ccc(C(O[C@H]2[C@@H](OC(C)=O)[C@@H]3CC(OC(=O)COCC(=O)O)C[C@H]2[N+]3(C)C)(c2ccccc2)c2ccc(OC)cc2)cc1. The lowest BCUT2D eigenvalue weighted by Crippen LogP contribution is -2.59. The van der Waals surface area contributed by atoms with Crippen LogP contribution in [0.5, 0.6) is 11.5 Å². The second-order valence-corrected chi connectivity index (χ2v) is 12.4. The van der Waals surface area contributed by atoms with Gasteiger partial charge in [-0.2, -0.15) is 0 Å². The summed E-state index contributed by atoms with van der Waals surface area (Å²) in [7, 11) is 7.38. The molecule has 0 aliphatic carbocycles. The highest BCUT2D eigenvalue weighted by atomic mass is 16.6. The van der Waals surface area contributed by atoms with Crippen LogP contribution in [0.25, 0.3) is 0 Å². The molecular weight excluding hydrogens is 606 g/mol. The molecule has 1 N–H and O–H groups in total. The molecule has 0 amide bonds. The summed E-state index contributed by atoms with van der Waals surface area (Å²) in [6.07, 6.45) is -0.978. The van der Waals surface area contributed by atoms with Gasteiger partial charge in [-0.15, -0.1) is 0 Å². The van der Waals surface area contributed by atoms with E-state index < -0.39 is 55.0 Å². The number of hydrogen-bond acceptors (Lipinski definition) is 9. The van der Waals surface area contributed by atoms with Gasteiger partial charge in [0.1, 0.15) is 48.5 Å². The lowest BCUT2D eigenvalue weighted by atomic mass is 9.79. The van der Waals surface area contributed by atoms with Gasteiger partial charge in [-0.3, -0.25) is 4.79 Å². The number of likely N-dealkylation sites (N-methyl/N-ethyl adjacent to an activating group) is 1. The molecule has 2 heterocycles. The number of esters is 2. The predicted octanol–water partition coefficient (Wildman–Crippen LogP) is 3.95. The van der Waals surface area contributed by atoms with E-state index in [2.05, 4.69) is 14.1 Å². The molecule has 2 fully saturated rings. The Balaban J connectivity index is 1.61. The first kappa shape index (κ1) is 33.9. The Morgan fingerprint density at radius 2 is 1.26 bits per heavy atom. The third-order valence-corrected chi connectivity index (χ3v) is 9.33. The number of methoxy groups -OCH3 is 2. The number of carboxylic acids is 1. The maximum Gasteiger partial charge on any atom is 0.332 e. The molecule has 47 heavy (non-hydrogen) atoms. The van der Waals surface area contributed by atoms with Crippen LogP contribution in [0.1, 0.15) is 36.5 Å². The van der Waals surface area contributed by atoms with Gasteiger partial charge >= 0.3 is 17.9 Å². The molecule has 1 unspecified atom stereocenters. The molecule has 3 aromatic carbocycles. The van der Waals surface area contributed by atoms with Gasteiger partial charge in [0, 0.05) is 19.8 Å². The van der Waals surface area contributed by atoms with Crippen LogP contribution in [-0.4, -0.2) is 99.4 Å². The van der Waals surface area contributed by atoms with E-state index in [9.17, 15) is 14.4 Å². The molecule has 0 radical (unpaired) electrons. The Kier molecular flexibility index (Phi) is 10.2. The molecule has 2 aliphatic heterocycles. The number of rotatable bonds is 13. The van der Waals surface area contributed by atoms with Crippen LogP contribution in [0.2, 0.25) is 0 Å². The van der Waals surface area contributed by atoms with Crippen molar-refractivity contribution in [2.75, 3.05) is 41.5 Å². The van der Waals surface area contributed by atoms with Crippen molar-refractivity contribution in [2.24, 2.45) is 0 Å². The van der Waals surface area contributed by atoms with E-state index in [4.69, 9.17) is 33.5 Å². The molecule has 0 spiro atoms. The average Bonchev–Trinajstić information content (AvgIpc) is 3.14. The number of carboxylic acid groups (broad SMARTS) is 1. The predicted molar refractivity (Wildman–Crippen MR) is 170 cm³/mol. The smallest absolute Gasteiger partial charge is 0.332 e. The van der Waals surface area contributed by atoms with Gasteiger partial charge in [-0.1, -0.05) is 54.6 Å². The Bertz CT molecular complexity index is 1490. The molecule has 0 saturated carbocycles. The van der Waals surface area contributed by atoms with Crippen molar-refractivity contribution in [3.05, 3.63) is 95.6 Å². The zero-order valence-electron chi connectivity index (χ0n) is 27.3. The third-order valence-electron chi connectivity index (χ3n) is 9.33. The molecule has 2 saturated heterocycles. The summed E-state index contributed by atoms with van der Waals surface area (Å²) in [6.45, 7) is 0.307. The van der Waals surface area contributed by atoms with E-state index in [0.717, 1.165) is 16.7 Å². The molecule has 11 nitrogen and oxygen atoms in total. The number of hydrogen-bond donors (Lipinski definition) is 1. The summed E-state index contributed by atoms with van der Waals surface area (Å²) in [6, 6.07) is 24.8. The number of aliphatic carboxylic acids is 1. The van der Waals surface area contributed by atoms with Crippen LogP contribution < -0.4 is 9.47 Å². The van der Waals surface area contributed by atoms with Crippen molar-refractivity contribution in [2.45, 2.75) is 55.8 Å². The van der Waals surface area contributed by atoms with Crippen LogP contribution in [-0.2, 0) is 38.9 Å². The van der Waals surface area contributed by atoms with Crippen LogP contribution in [0.4, 0.5) is 0 Å². The Hall–Kier alpha value is -4.45. The Morgan fingerprint density at radius 1 is 0.745 bits per heavy atom. The minimum Gasteiger partial charge on any atom is -0.497 e. The van der Waals surface area contributed by atoms with Gasteiger partial charge in [0.25, 0.3) is 0 Å². The van der Waals surface area contributed by atoms with Crippen molar-refractivity contribution >= 4 is 17.9 Å². The second kappa shape index (κ2) is 14.1. The van der Waals surface area contributed by atoms with Crippen LogP contribution in [0, 0.1) is 0 Å². The molecule has 5 rings (SSSR count). The lowest BCUT2D eigenvalue weighted by molar-refractivity contribution is -0.934. The highest BCUT2D eigenvalue weighted by molar-refractivity contribution is 5.72. The Morgan fingerprint density at radius 3 is 1.74 bits per heavy atom. The highest BCUT2D eigenvalue weighted by Crippen LogP contribution is 2.50. The molecule has 11 heteroatoms. The number of quaternary nitrogens is 1. The van der Waals surface area contributed by atoms with Crippen molar-refractivity contribution < 1.29 is 52.4 Å². The van der Waals surface area contributed by atoms with E-state index >= 15 is 0 Å². The van der Waals surface area contributed by atoms with E-state index in [0.29, 0.717) is 28.8 Å². The lowest BCUT2D eigenvalue weighted by Gasteiger charge is -2.45. The molecule has 2 bridgehead atoms. The largest absolute Gasteiger partial charge is 0.497 e. The minimum absolute atomic E-state index is 0.254. The molecule has 250 valence electrons. The van der Waals surface area contributed by atoms with Gasteiger partial charge in [0.15, 0.2) is 12.2 Å². The monoisotopic (exact) mass is 648 g/mol. The van der Waals surface area contributed by atoms with Crippen molar-refractivity contribution in [1.82, 2.24) is 0 Å². The van der Waals surface area contributed by atoms with E-state index in [-0.39, 0.29) is 12.1 Å². The molecule has 5 atom stereocenters. The molecule has 3 aromatic rings. The number of carbonyl (C=O) groups is 3. The average molecular weight is 649 g/mol. The molecular formula is C36H42NO10+. The van der Waals surface area contributed by atoms with Crippen molar-refractivity contribution in [3.8, 4) is 11.5 Å². The highest BCUT2D eigenvalue weighted by Gasteiger charge is 2.65.